The number of carbonyl (C=O) groups is 1. The van der Waals surface area contributed by atoms with E-state index in [1.165, 1.54) is 5.56 Å². The maximum atomic E-state index is 12.4. The second-order valence-electron chi connectivity index (χ2n) is 8.54. The Morgan fingerprint density at radius 3 is 2.00 bits per heavy atom. The van der Waals surface area contributed by atoms with Crippen molar-refractivity contribution in [2.75, 3.05) is 5.32 Å². The van der Waals surface area contributed by atoms with Gasteiger partial charge in [-0.25, -0.2) is 4.79 Å². The first-order chi connectivity index (χ1) is 12.2. The normalized spacial score (nSPS) is 18.9. The predicted octanol–water partition coefficient (Wildman–Crippen LogP) is 4.78. The average Bonchev–Trinajstić information content (AvgIpc) is 2.53. The van der Waals surface area contributed by atoms with Crippen LogP contribution in [0.4, 0.5) is 10.5 Å². The Morgan fingerprint density at radius 1 is 0.885 bits per heavy atom. The molecule has 0 atom stereocenters. The number of piperidine rings is 1. The maximum absolute atomic E-state index is 12.4. The molecule has 138 valence electrons. The maximum Gasteiger partial charge on any atom is 0.319 e. The molecule has 2 amide bonds. The van der Waals surface area contributed by atoms with Crippen molar-refractivity contribution >= 4 is 11.7 Å². The number of rotatable bonds is 3. The fourth-order valence-electron chi connectivity index (χ4n) is 4.15. The number of anilines is 1. The third-order valence-corrected chi connectivity index (χ3v) is 4.78. The standard InChI is InChI=1S/C22H29N3O/c1-21(2)14-19(15-22(3,4)25-21)24-20(26)23-18-12-10-17(11-13-18)16-8-6-5-7-9-16/h5-13,19,25H,14-15H2,1-4H3,(H2,23,24,26). The molecule has 1 heterocycles. The Labute approximate surface area is 156 Å². The summed E-state index contributed by atoms with van der Waals surface area (Å²) < 4.78 is 0. The minimum absolute atomic E-state index is 0.0109. The van der Waals surface area contributed by atoms with Crippen molar-refractivity contribution in [3.8, 4) is 11.1 Å². The molecule has 26 heavy (non-hydrogen) atoms. The number of benzene rings is 2. The Morgan fingerprint density at radius 2 is 1.42 bits per heavy atom. The summed E-state index contributed by atoms with van der Waals surface area (Å²) in [5.41, 5.74) is 3.13. The van der Waals surface area contributed by atoms with Crippen molar-refractivity contribution in [1.82, 2.24) is 10.6 Å². The summed E-state index contributed by atoms with van der Waals surface area (Å²) in [4.78, 5) is 12.4. The molecule has 3 N–H and O–H groups in total. The lowest BCUT2D eigenvalue weighted by atomic mass is 9.80. The molecule has 0 bridgehead atoms. The average molecular weight is 351 g/mol. The third-order valence-electron chi connectivity index (χ3n) is 4.78. The fourth-order valence-corrected chi connectivity index (χ4v) is 4.15. The van der Waals surface area contributed by atoms with E-state index in [-0.39, 0.29) is 23.2 Å². The van der Waals surface area contributed by atoms with Crippen molar-refractivity contribution < 1.29 is 4.79 Å². The molecule has 1 aliphatic heterocycles. The Kier molecular flexibility index (Phi) is 5.05. The second kappa shape index (κ2) is 7.12. The first-order valence-corrected chi connectivity index (χ1v) is 9.25. The number of urea groups is 1. The lowest BCUT2D eigenvalue weighted by Crippen LogP contribution is -2.62. The molecule has 0 radical (unpaired) electrons. The van der Waals surface area contributed by atoms with Gasteiger partial charge in [0.25, 0.3) is 0 Å². The van der Waals surface area contributed by atoms with Gasteiger partial charge >= 0.3 is 6.03 Å². The van der Waals surface area contributed by atoms with Crippen LogP contribution in [-0.2, 0) is 0 Å². The van der Waals surface area contributed by atoms with Gasteiger partial charge in [-0.3, -0.25) is 0 Å². The van der Waals surface area contributed by atoms with E-state index in [4.69, 9.17) is 0 Å². The molecule has 0 spiro atoms. The van der Waals surface area contributed by atoms with Crippen LogP contribution in [0.2, 0.25) is 0 Å². The highest BCUT2D eigenvalue weighted by molar-refractivity contribution is 5.89. The zero-order valence-electron chi connectivity index (χ0n) is 16.1. The lowest BCUT2D eigenvalue weighted by molar-refractivity contribution is 0.149. The van der Waals surface area contributed by atoms with Crippen LogP contribution in [0.5, 0.6) is 0 Å². The van der Waals surface area contributed by atoms with Crippen LogP contribution >= 0.6 is 0 Å². The van der Waals surface area contributed by atoms with Crippen LogP contribution in [0, 0.1) is 0 Å². The number of nitrogens with one attached hydrogen (secondary N) is 3. The monoisotopic (exact) mass is 351 g/mol. The first-order valence-electron chi connectivity index (χ1n) is 9.25. The van der Waals surface area contributed by atoms with Crippen LogP contribution in [0.15, 0.2) is 54.6 Å². The van der Waals surface area contributed by atoms with Gasteiger partial charge < -0.3 is 16.0 Å². The smallest absolute Gasteiger partial charge is 0.319 e. The van der Waals surface area contributed by atoms with Gasteiger partial charge in [0.2, 0.25) is 0 Å². The van der Waals surface area contributed by atoms with Gasteiger partial charge in [-0.1, -0.05) is 42.5 Å². The summed E-state index contributed by atoms with van der Waals surface area (Å²) in [6.07, 6.45) is 1.83. The molecule has 1 saturated heterocycles. The number of carbonyl (C=O) groups excluding carboxylic acids is 1. The van der Waals surface area contributed by atoms with Crippen molar-refractivity contribution in [3.63, 3.8) is 0 Å². The van der Waals surface area contributed by atoms with Crippen LogP contribution in [0.1, 0.15) is 40.5 Å². The number of hydrogen-bond donors (Lipinski definition) is 3. The van der Waals surface area contributed by atoms with Crippen molar-refractivity contribution in [2.45, 2.75) is 57.7 Å². The van der Waals surface area contributed by atoms with E-state index in [9.17, 15) is 4.79 Å². The molecule has 4 heteroatoms. The quantitative estimate of drug-likeness (QED) is 0.745. The molecule has 1 aliphatic rings. The van der Waals surface area contributed by atoms with Gasteiger partial charge in [-0.2, -0.15) is 0 Å². The molecule has 0 aliphatic carbocycles. The van der Waals surface area contributed by atoms with Crippen molar-refractivity contribution in [1.29, 1.82) is 0 Å². The Bertz CT molecular complexity index is 735. The molecular weight excluding hydrogens is 322 g/mol. The number of hydrogen-bond acceptors (Lipinski definition) is 2. The Balaban J connectivity index is 1.60. The Hall–Kier alpha value is -2.33. The first kappa shape index (κ1) is 18.5. The van der Waals surface area contributed by atoms with Gasteiger partial charge in [0.1, 0.15) is 0 Å². The summed E-state index contributed by atoms with van der Waals surface area (Å²) >= 11 is 0. The SMILES string of the molecule is CC1(C)CC(NC(=O)Nc2ccc(-c3ccccc3)cc2)CC(C)(C)N1. The fraction of sp³-hybridized carbons (Fsp3) is 0.409. The molecule has 3 rings (SSSR count). The summed E-state index contributed by atoms with van der Waals surface area (Å²) in [7, 11) is 0. The highest BCUT2D eigenvalue weighted by Crippen LogP contribution is 2.28. The second-order valence-corrected chi connectivity index (χ2v) is 8.54. The lowest BCUT2D eigenvalue weighted by Gasteiger charge is -2.46. The van der Waals surface area contributed by atoms with Gasteiger partial charge in [0.05, 0.1) is 0 Å². The van der Waals surface area contributed by atoms with E-state index >= 15 is 0 Å². The molecule has 0 saturated carbocycles. The highest BCUT2D eigenvalue weighted by atomic mass is 16.2. The van der Waals surface area contributed by atoms with E-state index in [2.05, 4.69) is 55.8 Å². The van der Waals surface area contributed by atoms with Crippen LogP contribution in [-0.4, -0.2) is 23.2 Å². The van der Waals surface area contributed by atoms with Crippen LogP contribution in [0.25, 0.3) is 11.1 Å². The molecule has 0 aromatic heterocycles. The third kappa shape index (κ3) is 4.85. The summed E-state index contributed by atoms with van der Waals surface area (Å²) in [5, 5.41) is 9.72. The van der Waals surface area contributed by atoms with E-state index in [0.29, 0.717) is 0 Å². The van der Waals surface area contributed by atoms with E-state index in [0.717, 1.165) is 24.1 Å². The minimum Gasteiger partial charge on any atom is -0.335 e. The van der Waals surface area contributed by atoms with Crippen molar-refractivity contribution in [2.24, 2.45) is 0 Å². The largest absolute Gasteiger partial charge is 0.335 e. The molecular formula is C22H29N3O. The van der Waals surface area contributed by atoms with E-state index < -0.39 is 0 Å². The molecule has 2 aromatic rings. The molecule has 2 aromatic carbocycles. The summed E-state index contributed by atoms with van der Waals surface area (Å²) in [6, 6.07) is 18.2. The van der Waals surface area contributed by atoms with E-state index in [1.54, 1.807) is 0 Å². The topological polar surface area (TPSA) is 53.2 Å². The predicted molar refractivity (Wildman–Crippen MR) is 108 cm³/mol. The zero-order chi connectivity index (χ0) is 18.8. The highest BCUT2D eigenvalue weighted by Gasteiger charge is 2.38. The molecule has 4 nitrogen and oxygen atoms in total. The van der Waals surface area contributed by atoms with Gasteiger partial charge in [0, 0.05) is 22.8 Å². The molecule has 0 unspecified atom stereocenters. The van der Waals surface area contributed by atoms with Gasteiger partial charge in [0.15, 0.2) is 0 Å². The zero-order valence-corrected chi connectivity index (χ0v) is 16.1. The molecule has 1 fully saturated rings. The van der Waals surface area contributed by atoms with Crippen LogP contribution < -0.4 is 16.0 Å². The summed E-state index contributed by atoms with van der Waals surface area (Å²) in [6.45, 7) is 8.73. The van der Waals surface area contributed by atoms with Crippen LogP contribution in [0.3, 0.4) is 0 Å². The van der Waals surface area contributed by atoms with Gasteiger partial charge in [-0.15, -0.1) is 0 Å². The van der Waals surface area contributed by atoms with Crippen molar-refractivity contribution in [3.05, 3.63) is 54.6 Å². The summed E-state index contributed by atoms with van der Waals surface area (Å²) in [5.74, 6) is 0. The van der Waals surface area contributed by atoms with E-state index in [1.807, 2.05) is 42.5 Å². The number of amides is 2. The minimum atomic E-state index is -0.143. The van der Waals surface area contributed by atoms with Gasteiger partial charge in [-0.05, 0) is 63.8 Å².